The summed E-state index contributed by atoms with van der Waals surface area (Å²) >= 11 is 0. The molecule has 0 aromatic carbocycles. The van der Waals surface area contributed by atoms with E-state index in [0.29, 0.717) is 0 Å². The third kappa shape index (κ3) is 3.38. The number of aromatic amines is 1. The van der Waals surface area contributed by atoms with E-state index in [-0.39, 0.29) is 17.1 Å². The predicted molar refractivity (Wildman–Crippen MR) is 88.3 cm³/mol. The van der Waals surface area contributed by atoms with Crippen LogP contribution in [0.15, 0.2) is 11.1 Å². The van der Waals surface area contributed by atoms with Crippen molar-refractivity contribution in [1.29, 1.82) is 0 Å². The second kappa shape index (κ2) is 6.07. The number of nitrogens with zero attached hydrogens (tertiary/aromatic N) is 3. The van der Waals surface area contributed by atoms with Crippen molar-refractivity contribution in [2.75, 3.05) is 12.3 Å². The Morgan fingerprint density at radius 3 is 2.81 bits per heavy atom. The zero-order chi connectivity index (χ0) is 19.6. The van der Waals surface area contributed by atoms with Crippen LogP contribution < -0.4 is 11.3 Å². The Morgan fingerprint density at radius 2 is 2.11 bits per heavy atom. The van der Waals surface area contributed by atoms with E-state index in [4.69, 9.17) is 29.7 Å². The van der Waals surface area contributed by atoms with Crippen molar-refractivity contribution >= 4 is 24.9 Å². The fourth-order valence-electron chi connectivity index (χ4n) is 3.32. The highest BCUT2D eigenvalue weighted by molar-refractivity contribution is 7.46. The zero-order valence-corrected chi connectivity index (χ0v) is 15.2. The van der Waals surface area contributed by atoms with E-state index >= 15 is 0 Å². The van der Waals surface area contributed by atoms with E-state index in [1.54, 1.807) is 13.8 Å². The monoisotopic (exact) mass is 403 g/mol. The summed E-state index contributed by atoms with van der Waals surface area (Å²) in [6.45, 7) is 3.00. The van der Waals surface area contributed by atoms with Crippen molar-refractivity contribution in [2.45, 2.75) is 44.2 Å². The lowest BCUT2D eigenvalue weighted by Crippen LogP contribution is -2.32. The molecule has 0 radical (unpaired) electrons. The number of phosphoric acid groups is 1. The number of nitrogens with two attached hydrogens (primary N) is 1. The summed E-state index contributed by atoms with van der Waals surface area (Å²) in [6.07, 6.45) is -1.60. The van der Waals surface area contributed by atoms with Crippen LogP contribution in [0.25, 0.3) is 11.2 Å². The number of H-pyrrole nitrogens is 1. The SMILES string of the molecule is CC1(C)O[C@@H]2[C@H](O1)[C@@H](COP(=O)(O)O)O[C@H]2n1cnc2c(=O)[nH]c(N)nc21. The molecule has 14 heteroatoms. The van der Waals surface area contributed by atoms with Gasteiger partial charge < -0.3 is 29.7 Å². The van der Waals surface area contributed by atoms with Crippen LogP contribution in [0, 0.1) is 0 Å². The number of nitrogens with one attached hydrogen (secondary N) is 1. The molecule has 0 saturated carbocycles. The Morgan fingerprint density at radius 1 is 1.41 bits per heavy atom. The smallest absolute Gasteiger partial charge is 0.369 e. The summed E-state index contributed by atoms with van der Waals surface area (Å²) in [7, 11) is -4.69. The number of nitrogen functional groups attached to an aromatic ring is 1. The second-order valence-corrected chi connectivity index (χ2v) is 7.93. The van der Waals surface area contributed by atoms with Gasteiger partial charge in [0.2, 0.25) is 5.95 Å². The summed E-state index contributed by atoms with van der Waals surface area (Å²) in [4.78, 5) is 40.4. The molecule has 2 aliphatic rings. The molecule has 2 aromatic heterocycles. The minimum atomic E-state index is -4.69. The van der Waals surface area contributed by atoms with Gasteiger partial charge in [0.15, 0.2) is 23.2 Å². The summed E-state index contributed by atoms with van der Waals surface area (Å²) in [5, 5.41) is 0. The minimum Gasteiger partial charge on any atom is -0.369 e. The fourth-order valence-corrected chi connectivity index (χ4v) is 3.66. The topological polar surface area (TPSA) is 184 Å². The van der Waals surface area contributed by atoms with Crippen LogP contribution in [-0.2, 0) is 23.3 Å². The van der Waals surface area contributed by atoms with E-state index < -0.39 is 50.3 Å². The lowest BCUT2D eigenvalue weighted by Gasteiger charge is -2.24. The first-order valence-corrected chi connectivity index (χ1v) is 9.51. The number of hydrogen-bond acceptors (Lipinski definition) is 9. The average molecular weight is 403 g/mol. The van der Waals surface area contributed by atoms with Gasteiger partial charge in [0.1, 0.15) is 18.3 Å². The van der Waals surface area contributed by atoms with Gasteiger partial charge >= 0.3 is 7.82 Å². The Balaban J connectivity index is 1.70. The first-order valence-electron chi connectivity index (χ1n) is 7.97. The number of ether oxygens (including phenoxy) is 3. The summed E-state index contributed by atoms with van der Waals surface area (Å²) < 4.78 is 34.6. The van der Waals surface area contributed by atoms with Crippen LogP contribution in [-0.4, -0.2) is 60.0 Å². The van der Waals surface area contributed by atoms with Gasteiger partial charge in [-0.3, -0.25) is 18.9 Å². The molecule has 2 aromatic rings. The van der Waals surface area contributed by atoms with Gasteiger partial charge in [0.25, 0.3) is 5.56 Å². The highest BCUT2D eigenvalue weighted by Gasteiger charge is 2.56. The first-order chi connectivity index (χ1) is 12.5. The maximum absolute atomic E-state index is 12.0. The minimum absolute atomic E-state index is 0.0671. The molecule has 4 atom stereocenters. The van der Waals surface area contributed by atoms with Crippen LogP contribution in [0.2, 0.25) is 0 Å². The van der Waals surface area contributed by atoms with E-state index in [9.17, 15) is 9.36 Å². The van der Waals surface area contributed by atoms with Crippen LogP contribution >= 0.6 is 7.82 Å². The lowest BCUT2D eigenvalue weighted by atomic mass is 10.1. The molecular formula is C13H18N5O8P. The molecule has 2 fully saturated rings. The molecule has 2 saturated heterocycles. The Labute approximate surface area is 151 Å². The molecule has 0 spiro atoms. The molecule has 27 heavy (non-hydrogen) atoms. The maximum atomic E-state index is 12.0. The van der Waals surface area contributed by atoms with Crippen LogP contribution in [0.1, 0.15) is 20.1 Å². The number of fused-ring (bicyclic) bond motifs is 2. The number of hydrogen-bond donors (Lipinski definition) is 4. The van der Waals surface area contributed by atoms with Crippen molar-refractivity contribution in [3.63, 3.8) is 0 Å². The third-order valence-corrected chi connectivity index (χ3v) is 4.74. The summed E-state index contributed by atoms with van der Waals surface area (Å²) in [5.41, 5.74) is 5.36. The fraction of sp³-hybridized carbons (Fsp3) is 0.615. The lowest BCUT2D eigenvalue weighted by molar-refractivity contribution is -0.199. The molecular weight excluding hydrogens is 385 g/mol. The molecule has 5 N–H and O–H groups in total. The van der Waals surface area contributed by atoms with E-state index in [1.807, 2.05) is 0 Å². The van der Waals surface area contributed by atoms with Gasteiger partial charge in [0, 0.05) is 0 Å². The highest BCUT2D eigenvalue weighted by atomic mass is 31.2. The molecule has 148 valence electrons. The van der Waals surface area contributed by atoms with Crippen molar-refractivity contribution in [3.05, 3.63) is 16.7 Å². The van der Waals surface area contributed by atoms with Gasteiger partial charge in [-0.2, -0.15) is 4.98 Å². The number of aromatic nitrogens is 4. The molecule has 2 aliphatic heterocycles. The van der Waals surface area contributed by atoms with Crippen LogP contribution in [0.4, 0.5) is 5.95 Å². The quantitative estimate of drug-likeness (QED) is 0.470. The van der Waals surface area contributed by atoms with Crippen molar-refractivity contribution in [1.82, 2.24) is 19.5 Å². The Bertz CT molecular complexity index is 983. The molecule has 4 heterocycles. The van der Waals surface area contributed by atoms with Crippen molar-refractivity contribution < 1.29 is 33.1 Å². The van der Waals surface area contributed by atoms with E-state index in [2.05, 4.69) is 19.5 Å². The zero-order valence-electron chi connectivity index (χ0n) is 14.3. The number of anilines is 1. The summed E-state index contributed by atoms with van der Waals surface area (Å²) in [5.74, 6) is -1.04. The number of phosphoric ester groups is 1. The van der Waals surface area contributed by atoms with Gasteiger partial charge in [-0.15, -0.1) is 0 Å². The van der Waals surface area contributed by atoms with E-state index in [0.717, 1.165) is 0 Å². The van der Waals surface area contributed by atoms with E-state index in [1.165, 1.54) is 10.9 Å². The molecule has 0 aliphatic carbocycles. The standard InChI is InChI=1S/C13H18N5O8P/c1-13(2)25-7-5(3-23-27(20,21)22)24-11(8(7)26-13)18-4-15-6-9(18)16-12(14)17-10(6)19/h4-5,7-8,11H,3H2,1-2H3,(H2,20,21,22)(H3,14,16,17,19)/t5-,7-,8-,11-/m1/s1. The molecule has 0 bridgehead atoms. The normalized spacial score (nSPS) is 30.1. The second-order valence-electron chi connectivity index (χ2n) is 6.69. The van der Waals surface area contributed by atoms with Gasteiger partial charge in [0.05, 0.1) is 12.9 Å². The average Bonchev–Trinajstić information content (AvgIpc) is 3.15. The van der Waals surface area contributed by atoms with Gasteiger partial charge in [-0.1, -0.05) is 0 Å². The number of imidazole rings is 1. The number of rotatable bonds is 4. The maximum Gasteiger partial charge on any atom is 0.469 e. The molecule has 0 unspecified atom stereocenters. The van der Waals surface area contributed by atoms with Crippen LogP contribution in [0.5, 0.6) is 0 Å². The Kier molecular flexibility index (Phi) is 4.16. The van der Waals surface area contributed by atoms with Crippen molar-refractivity contribution in [3.8, 4) is 0 Å². The summed E-state index contributed by atoms with van der Waals surface area (Å²) in [6, 6.07) is 0. The Hall–Kier alpha value is -1.86. The molecule has 0 amide bonds. The van der Waals surface area contributed by atoms with Gasteiger partial charge in [-0.25, -0.2) is 9.55 Å². The van der Waals surface area contributed by atoms with Crippen LogP contribution in [0.3, 0.4) is 0 Å². The largest absolute Gasteiger partial charge is 0.469 e. The van der Waals surface area contributed by atoms with Gasteiger partial charge in [-0.05, 0) is 13.8 Å². The first kappa shape index (κ1) is 18.5. The third-order valence-electron chi connectivity index (χ3n) is 4.26. The molecule has 4 rings (SSSR count). The van der Waals surface area contributed by atoms with Crippen molar-refractivity contribution in [2.24, 2.45) is 0 Å². The molecule has 13 nitrogen and oxygen atoms in total. The predicted octanol–water partition coefficient (Wildman–Crippen LogP) is -0.771. The highest BCUT2D eigenvalue weighted by Crippen LogP contribution is 2.45.